The third kappa shape index (κ3) is 4.44. The van der Waals surface area contributed by atoms with Crippen LogP contribution in [0.15, 0.2) is 176 Å². The highest BCUT2D eigenvalue weighted by atomic mass is 15.0. The van der Waals surface area contributed by atoms with Crippen molar-refractivity contribution in [2.24, 2.45) is 0 Å². The van der Waals surface area contributed by atoms with Gasteiger partial charge in [0.15, 0.2) is 5.82 Å². The molecule has 0 saturated carbocycles. The average Bonchev–Trinajstić information content (AvgIpc) is 3.53. The Labute approximate surface area is 283 Å². The van der Waals surface area contributed by atoms with Gasteiger partial charge < -0.3 is 4.57 Å². The molecule has 49 heavy (non-hydrogen) atoms. The third-order valence-electron chi connectivity index (χ3n) is 9.79. The SMILES string of the molecule is c1ccc(-c2cc(-c3ccc(-n4c5ccc6ccccc6c5c5c6ccccc6ccc54)cc3)nc(-c3cccc4ccccc34)n2)cc1. The van der Waals surface area contributed by atoms with E-state index in [0.717, 1.165) is 45.0 Å². The van der Waals surface area contributed by atoms with Gasteiger partial charge in [0.2, 0.25) is 0 Å². The van der Waals surface area contributed by atoms with Crippen molar-refractivity contribution >= 4 is 54.1 Å². The summed E-state index contributed by atoms with van der Waals surface area (Å²) >= 11 is 0. The molecule has 0 aliphatic heterocycles. The lowest BCUT2D eigenvalue weighted by molar-refractivity contribution is 1.17. The molecule has 3 heteroatoms. The normalized spacial score (nSPS) is 11.7. The molecule has 0 spiro atoms. The van der Waals surface area contributed by atoms with Crippen LogP contribution in [-0.4, -0.2) is 14.5 Å². The number of aromatic nitrogens is 3. The summed E-state index contributed by atoms with van der Waals surface area (Å²) in [5.41, 5.74) is 8.44. The number of rotatable bonds is 4. The van der Waals surface area contributed by atoms with Gasteiger partial charge in [0.25, 0.3) is 0 Å². The molecule has 2 heterocycles. The molecule has 0 fully saturated rings. The summed E-state index contributed by atoms with van der Waals surface area (Å²) in [5, 5.41) is 9.93. The van der Waals surface area contributed by atoms with Crippen LogP contribution in [0, 0.1) is 0 Å². The average molecular weight is 624 g/mol. The summed E-state index contributed by atoms with van der Waals surface area (Å²) in [6.45, 7) is 0. The summed E-state index contributed by atoms with van der Waals surface area (Å²) in [7, 11) is 0. The first-order chi connectivity index (χ1) is 24.3. The van der Waals surface area contributed by atoms with Crippen LogP contribution in [0.4, 0.5) is 0 Å². The van der Waals surface area contributed by atoms with Crippen molar-refractivity contribution in [2.75, 3.05) is 0 Å². The van der Waals surface area contributed by atoms with Crippen LogP contribution >= 0.6 is 0 Å². The van der Waals surface area contributed by atoms with Crippen molar-refractivity contribution < 1.29 is 0 Å². The zero-order valence-corrected chi connectivity index (χ0v) is 26.6. The van der Waals surface area contributed by atoms with Crippen molar-refractivity contribution in [3.8, 4) is 39.6 Å². The molecule has 8 aromatic carbocycles. The summed E-state index contributed by atoms with van der Waals surface area (Å²) in [6.07, 6.45) is 0. The van der Waals surface area contributed by atoms with Gasteiger partial charge >= 0.3 is 0 Å². The first-order valence-corrected chi connectivity index (χ1v) is 16.7. The first kappa shape index (κ1) is 27.5. The van der Waals surface area contributed by atoms with E-state index in [0.29, 0.717) is 0 Å². The molecule has 10 rings (SSSR count). The van der Waals surface area contributed by atoms with Crippen LogP contribution in [0.25, 0.3) is 93.7 Å². The van der Waals surface area contributed by atoms with E-state index in [9.17, 15) is 0 Å². The van der Waals surface area contributed by atoms with Gasteiger partial charge in [-0.15, -0.1) is 0 Å². The van der Waals surface area contributed by atoms with Crippen LogP contribution in [-0.2, 0) is 0 Å². The monoisotopic (exact) mass is 623 g/mol. The molecule has 0 bridgehead atoms. The van der Waals surface area contributed by atoms with Gasteiger partial charge in [-0.25, -0.2) is 9.97 Å². The van der Waals surface area contributed by atoms with Gasteiger partial charge in [-0.1, -0.05) is 146 Å². The standard InChI is InChI=1S/C46H29N3/c1-2-14-33(15-3-1)40-29-41(48-46(47-40)39-20-10-16-30-11-4-7-17-36(30)39)34-21-25-35(26-22-34)49-42-27-23-31-12-5-8-18-37(31)44(42)45-38-19-9-6-13-32(38)24-28-43(45)49/h1-29H. The Balaban J connectivity index is 1.17. The molecule has 2 aromatic heterocycles. The van der Waals surface area contributed by atoms with Gasteiger partial charge in [-0.3, -0.25) is 0 Å². The molecule has 3 nitrogen and oxygen atoms in total. The lowest BCUT2D eigenvalue weighted by atomic mass is 10.00. The van der Waals surface area contributed by atoms with E-state index in [2.05, 4.69) is 174 Å². The molecule has 0 radical (unpaired) electrons. The molecule has 228 valence electrons. The van der Waals surface area contributed by atoms with E-state index in [4.69, 9.17) is 9.97 Å². The molecule has 0 amide bonds. The number of fused-ring (bicyclic) bond motifs is 8. The molecule has 0 aliphatic rings. The highest BCUT2D eigenvalue weighted by Crippen LogP contribution is 2.41. The fraction of sp³-hybridized carbons (Fsp3) is 0. The van der Waals surface area contributed by atoms with Gasteiger partial charge in [0.05, 0.1) is 22.4 Å². The second kappa shape index (κ2) is 11.0. The van der Waals surface area contributed by atoms with Crippen LogP contribution in [0.5, 0.6) is 0 Å². The van der Waals surface area contributed by atoms with E-state index < -0.39 is 0 Å². The topological polar surface area (TPSA) is 30.7 Å². The van der Waals surface area contributed by atoms with Crippen molar-refractivity contribution in [1.82, 2.24) is 14.5 Å². The minimum Gasteiger partial charge on any atom is -0.309 e. The van der Waals surface area contributed by atoms with E-state index in [1.54, 1.807) is 0 Å². The predicted molar refractivity (Wildman–Crippen MR) is 205 cm³/mol. The van der Waals surface area contributed by atoms with Gasteiger partial charge in [-0.2, -0.15) is 0 Å². The summed E-state index contributed by atoms with van der Waals surface area (Å²) in [4.78, 5) is 10.3. The molecular formula is C46H29N3. The lowest BCUT2D eigenvalue weighted by Gasteiger charge is -2.12. The molecule has 10 aromatic rings. The maximum absolute atomic E-state index is 5.19. The Bertz CT molecular complexity index is 2770. The highest BCUT2D eigenvalue weighted by Gasteiger charge is 2.18. The van der Waals surface area contributed by atoms with Crippen LogP contribution < -0.4 is 0 Å². The zero-order chi connectivity index (χ0) is 32.3. The second-order valence-corrected chi connectivity index (χ2v) is 12.6. The molecule has 0 aliphatic carbocycles. The smallest absolute Gasteiger partial charge is 0.161 e. The summed E-state index contributed by atoms with van der Waals surface area (Å²) < 4.78 is 2.41. The van der Waals surface area contributed by atoms with E-state index >= 15 is 0 Å². The molecular weight excluding hydrogens is 595 g/mol. The molecule has 0 saturated heterocycles. The molecule has 0 unspecified atom stereocenters. The van der Waals surface area contributed by atoms with Crippen molar-refractivity contribution in [3.05, 3.63) is 176 Å². The lowest BCUT2D eigenvalue weighted by Crippen LogP contribution is -1.97. The largest absolute Gasteiger partial charge is 0.309 e. The molecule has 0 atom stereocenters. The van der Waals surface area contributed by atoms with Crippen molar-refractivity contribution in [1.29, 1.82) is 0 Å². The van der Waals surface area contributed by atoms with E-state index in [-0.39, 0.29) is 0 Å². The second-order valence-electron chi connectivity index (χ2n) is 12.6. The number of hydrogen-bond donors (Lipinski definition) is 0. The van der Waals surface area contributed by atoms with E-state index in [1.165, 1.54) is 48.7 Å². The summed E-state index contributed by atoms with van der Waals surface area (Å²) in [6, 6.07) is 62.5. The minimum absolute atomic E-state index is 0.721. The Morgan fingerprint density at radius 1 is 0.367 bits per heavy atom. The van der Waals surface area contributed by atoms with Crippen molar-refractivity contribution in [3.63, 3.8) is 0 Å². The fourth-order valence-electron chi connectivity index (χ4n) is 7.50. The third-order valence-corrected chi connectivity index (χ3v) is 9.79. The first-order valence-electron chi connectivity index (χ1n) is 16.7. The minimum atomic E-state index is 0.721. The maximum Gasteiger partial charge on any atom is 0.161 e. The number of nitrogens with zero attached hydrogens (tertiary/aromatic N) is 3. The van der Waals surface area contributed by atoms with Crippen molar-refractivity contribution in [2.45, 2.75) is 0 Å². The van der Waals surface area contributed by atoms with Crippen LogP contribution in [0.3, 0.4) is 0 Å². The maximum atomic E-state index is 5.19. The Hall–Kier alpha value is -6.58. The number of hydrogen-bond acceptors (Lipinski definition) is 2. The van der Waals surface area contributed by atoms with Gasteiger partial charge in [0, 0.05) is 33.2 Å². The van der Waals surface area contributed by atoms with Gasteiger partial charge in [-0.05, 0) is 62.6 Å². The van der Waals surface area contributed by atoms with Crippen LogP contribution in [0.2, 0.25) is 0 Å². The highest BCUT2D eigenvalue weighted by molar-refractivity contribution is 6.28. The van der Waals surface area contributed by atoms with Crippen LogP contribution in [0.1, 0.15) is 0 Å². The zero-order valence-electron chi connectivity index (χ0n) is 26.6. The quantitative estimate of drug-likeness (QED) is 0.195. The van der Waals surface area contributed by atoms with Gasteiger partial charge in [0.1, 0.15) is 0 Å². The number of benzene rings is 8. The molecule has 0 N–H and O–H groups in total. The predicted octanol–water partition coefficient (Wildman–Crippen LogP) is 12.0. The Morgan fingerprint density at radius 2 is 0.857 bits per heavy atom. The fourth-order valence-corrected chi connectivity index (χ4v) is 7.50. The summed E-state index contributed by atoms with van der Waals surface area (Å²) in [5.74, 6) is 0.721. The van der Waals surface area contributed by atoms with E-state index in [1.807, 2.05) is 6.07 Å². The Kier molecular flexibility index (Phi) is 6.18. The Morgan fingerprint density at radius 3 is 1.47 bits per heavy atom.